The van der Waals surface area contributed by atoms with Gasteiger partial charge in [0.1, 0.15) is 22.4 Å². The lowest BCUT2D eigenvalue weighted by atomic mass is 9.99. The molecule has 1 aromatic heterocycles. The number of hydrogen-bond donors (Lipinski definition) is 0. The highest BCUT2D eigenvalue weighted by atomic mass is 32.2. The van der Waals surface area contributed by atoms with Crippen molar-refractivity contribution in [1.82, 2.24) is 14.5 Å². The first kappa shape index (κ1) is 20.8. The van der Waals surface area contributed by atoms with Crippen LogP contribution in [0.2, 0.25) is 0 Å². The number of benzene rings is 2. The summed E-state index contributed by atoms with van der Waals surface area (Å²) in [7, 11) is -2.65. The van der Waals surface area contributed by atoms with Crippen LogP contribution < -0.4 is 4.74 Å². The largest absolute Gasteiger partial charge is 0.496 e. The third-order valence-electron chi connectivity index (χ3n) is 5.10. The van der Waals surface area contributed by atoms with Gasteiger partial charge >= 0.3 is 0 Å². The van der Waals surface area contributed by atoms with Crippen LogP contribution in [0.25, 0.3) is 10.6 Å². The minimum atomic E-state index is -4.24. The van der Waals surface area contributed by atoms with Crippen molar-refractivity contribution >= 4 is 21.4 Å². The monoisotopic (exact) mass is 451 g/mol. The van der Waals surface area contributed by atoms with Gasteiger partial charge in [0.05, 0.1) is 12.7 Å². The van der Waals surface area contributed by atoms with Crippen LogP contribution in [0.5, 0.6) is 5.75 Å². The minimum absolute atomic E-state index is 0.0304. The van der Waals surface area contributed by atoms with Gasteiger partial charge in [-0.25, -0.2) is 17.2 Å². The molecular weight excluding hydrogens is 432 g/mol. The normalized spacial score (nSPS) is 16.0. The van der Waals surface area contributed by atoms with Gasteiger partial charge in [0.2, 0.25) is 10.0 Å². The molecule has 0 aliphatic carbocycles. The molecule has 1 aliphatic rings. The fourth-order valence-electron chi connectivity index (χ4n) is 3.53. The topological polar surface area (TPSA) is 72.4 Å². The molecule has 0 bridgehead atoms. The summed E-state index contributed by atoms with van der Waals surface area (Å²) in [5.41, 5.74) is 0.846. The number of nitrogens with zero attached hydrogens (tertiary/aromatic N) is 3. The van der Waals surface area contributed by atoms with Crippen molar-refractivity contribution in [2.45, 2.75) is 23.7 Å². The molecule has 4 rings (SSSR count). The second-order valence-electron chi connectivity index (χ2n) is 6.87. The predicted octanol–water partition coefficient (Wildman–Crippen LogP) is 4.06. The number of ether oxygens (including phenoxy) is 1. The van der Waals surface area contributed by atoms with Gasteiger partial charge in [-0.05, 0) is 37.1 Å². The molecule has 2 aromatic carbocycles. The van der Waals surface area contributed by atoms with E-state index in [1.165, 1.54) is 11.3 Å². The summed E-state index contributed by atoms with van der Waals surface area (Å²) >= 11 is 1.44. The lowest BCUT2D eigenvalue weighted by Gasteiger charge is -2.30. The number of rotatable bonds is 5. The first-order chi connectivity index (χ1) is 14.4. The average Bonchev–Trinajstić information content (AvgIpc) is 3.23. The fourth-order valence-corrected chi connectivity index (χ4v) is 6.15. The van der Waals surface area contributed by atoms with Crippen molar-refractivity contribution in [2.24, 2.45) is 0 Å². The number of para-hydroxylation sites is 1. The minimum Gasteiger partial charge on any atom is -0.496 e. The van der Waals surface area contributed by atoms with Gasteiger partial charge < -0.3 is 4.74 Å². The highest BCUT2D eigenvalue weighted by Crippen LogP contribution is 2.37. The number of halogens is 2. The van der Waals surface area contributed by atoms with Crippen molar-refractivity contribution in [2.75, 3.05) is 20.2 Å². The molecule has 0 amide bonds. The Balaban J connectivity index is 1.50. The van der Waals surface area contributed by atoms with Gasteiger partial charge in [-0.2, -0.15) is 4.31 Å². The summed E-state index contributed by atoms with van der Waals surface area (Å²) in [4.78, 5) is -0.891. The first-order valence-corrected chi connectivity index (χ1v) is 11.6. The van der Waals surface area contributed by atoms with E-state index in [1.54, 1.807) is 7.11 Å². The molecule has 1 aliphatic heterocycles. The predicted molar refractivity (Wildman–Crippen MR) is 109 cm³/mol. The highest BCUT2D eigenvalue weighted by Gasteiger charge is 2.34. The highest BCUT2D eigenvalue weighted by molar-refractivity contribution is 7.89. The van der Waals surface area contributed by atoms with E-state index in [-0.39, 0.29) is 19.0 Å². The molecule has 0 unspecified atom stereocenters. The average molecular weight is 452 g/mol. The zero-order valence-corrected chi connectivity index (χ0v) is 17.7. The first-order valence-electron chi connectivity index (χ1n) is 9.32. The Labute approximate surface area is 177 Å². The zero-order valence-electron chi connectivity index (χ0n) is 16.1. The summed E-state index contributed by atoms with van der Waals surface area (Å²) in [6, 6.07) is 10.6. The molecule has 0 atom stereocenters. The van der Waals surface area contributed by atoms with Crippen LogP contribution in [-0.4, -0.2) is 43.1 Å². The van der Waals surface area contributed by atoms with E-state index >= 15 is 0 Å². The van der Waals surface area contributed by atoms with E-state index < -0.39 is 26.6 Å². The maximum atomic E-state index is 14.0. The molecule has 10 heteroatoms. The quantitative estimate of drug-likeness (QED) is 0.585. The van der Waals surface area contributed by atoms with Crippen molar-refractivity contribution in [1.29, 1.82) is 0 Å². The molecule has 1 fully saturated rings. The Bertz CT molecular complexity index is 1140. The van der Waals surface area contributed by atoms with Crippen molar-refractivity contribution in [3.05, 3.63) is 59.1 Å². The van der Waals surface area contributed by atoms with E-state index in [0.29, 0.717) is 18.6 Å². The molecule has 158 valence electrons. The fraction of sp³-hybridized carbons (Fsp3) is 0.300. The number of hydrogen-bond acceptors (Lipinski definition) is 6. The third kappa shape index (κ3) is 3.82. The lowest BCUT2D eigenvalue weighted by Crippen LogP contribution is -2.38. The van der Waals surface area contributed by atoms with Crippen molar-refractivity contribution < 1.29 is 21.9 Å². The van der Waals surface area contributed by atoms with Gasteiger partial charge in [-0.1, -0.05) is 29.5 Å². The molecule has 6 nitrogen and oxygen atoms in total. The number of methoxy groups -OCH3 is 1. The van der Waals surface area contributed by atoms with Crippen LogP contribution in [-0.2, 0) is 10.0 Å². The van der Waals surface area contributed by atoms with Gasteiger partial charge in [0, 0.05) is 19.0 Å². The van der Waals surface area contributed by atoms with Gasteiger partial charge in [-0.3, -0.25) is 0 Å². The van der Waals surface area contributed by atoms with E-state index in [0.717, 1.165) is 38.1 Å². The van der Waals surface area contributed by atoms with Crippen LogP contribution in [0.1, 0.15) is 23.8 Å². The third-order valence-corrected chi connectivity index (χ3v) is 8.17. The molecule has 30 heavy (non-hydrogen) atoms. The zero-order chi connectivity index (χ0) is 21.3. The number of sulfonamides is 1. The Morgan fingerprint density at radius 3 is 2.37 bits per heavy atom. The molecule has 0 N–H and O–H groups in total. The second kappa shape index (κ2) is 8.37. The van der Waals surface area contributed by atoms with Crippen LogP contribution in [0.3, 0.4) is 0 Å². The maximum Gasteiger partial charge on any atom is 0.248 e. The molecule has 0 radical (unpaired) electrons. The van der Waals surface area contributed by atoms with Gasteiger partial charge in [0.25, 0.3) is 0 Å². The Morgan fingerprint density at radius 2 is 1.70 bits per heavy atom. The van der Waals surface area contributed by atoms with Gasteiger partial charge in [-0.15, -0.1) is 10.2 Å². The van der Waals surface area contributed by atoms with Crippen LogP contribution >= 0.6 is 11.3 Å². The molecule has 1 saturated heterocycles. The van der Waals surface area contributed by atoms with Crippen molar-refractivity contribution in [3.8, 4) is 16.3 Å². The van der Waals surface area contributed by atoms with E-state index in [4.69, 9.17) is 4.74 Å². The smallest absolute Gasteiger partial charge is 0.248 e. The molecule has 3 aromatic rings. The number of aromatic nitrogens is 2. The van der Waals surface area contributed by atoms with Crippen LogP contribution in [0.15, 0.2) is 47.4 Å². The van der Waals surface area contributed by atoms with Gasteiger partial charge in [0.15, 0.2) is 9.90 Å². The van der Waals surface area contributed by atoms with Crippen LogP contribution in [0, 0.1) is 11.6 Å². The molecule has 0 saturated carbocycles. The Hall–Kier alpha value is -2.43. The molecular formula is C20H19F2N3O3S2. The summed E-state index contributed by atoms with van der Waals surface area (Å²) in [5.74, 6) is -1.43. The lowest BCUT2D eigenvalue weighted by molar-refractivity contribution is 0.316. The van der Waals surface area contributed by atoms with E-state index in [2.05, 4.69) is 10.2 Å². The standard InChI is InChI=1S/C20H19F2N3O3S2/c1-28-17-8-3-2-5-14(17)20-24-23-19(29-20)13-9-11-25(12-10-13)30(26,27)18-15(21)6-4-7-16(18)22/h2-8,13H,9-12H2,1H3. The molecule has 2 heterocycles. The summed E-state index contributed by atoms with van der Waals surface area (Å²) in [5, 5.41) is 10.1. The summed E-state index contributed by atoms with van der Waals surface area (Å²) in [6.07, 6.45) is 0.992. The molecule has 0 spiro atoms. The SMILES string of the molecule is COc1ccccc1-c1nnc(C2CCN(S(=O)(=O)c3c(F)cccc3F)CC2)s1. The second-order valence-corrected chi connectivity index (χ2v) is 9.76. The maximum absolute atomic E-state index is 14.0. The Kier molecular flexibility index (Phi) is 5.81. The van der Waals surface area contributed by atoms with Crippen LogP contribution in [0.4, 0.5) is 8.78 Å². The Morgan fingerprint density at radius 1 is 1.03 bits per heavy atom. The number of piperidine rings is 1. The summed E-state index contributed by atoms with van der Waals surface area (Å²) < 4.78 is 60.0. The van der Waals surface area contributed by atoms with E-state index in [1.807, 2.05) is 24.3 Å². The summed E-state index contributed by atoms with van der Waals surface area (Å²) in [6.45, 7) is 0.314. The van der Waals surface area contributed by atoms with Crippen molar-refractivity contribution in [3.63, 3.8) is 0 Å². The van der Waals surface area contributed by atoms with E-state index in [9.17, 15) is 17.2 Å².